The van der Waals surface area contributed by atoms with Gasteiger partial charge < -0.3 is 9.64 Å². The van der Waals surface area contributed by atoms with Crippen molar-refractivity contribution in [1.29, 1.82) is 0 Å². The molecule has 32 heavy (non-hydrogen) atoms. The highest BCUT2D eigenvalue weighted by atomic mass is 35.5. The summed E-state index contributed by atoms with van der Waals surface area (Å²) in [5, 5.41) is 0.272. The van der Waals surface area contributed by atoms with Gasteiger partial charge in [0.25, 0.3) is 5.91 Å². The molecule has 2 aromatic rings. The number of para-hydroxylation sites is 1. The van der Waals surface area contributed by atoms with E-state index in [0.29, 0.717) is 32.8 Å². The van der Waals surface area contributed by atoms with Crippen molar-refractivity contribution < 1.29 is 17.9 Å². The molecular formula is C23H28ClN3O4S. The van der Waals surface area contributed by atoms with Gasteiger partial charge in [-0.1, -0.05) is 29.8 Å². The zero-order valence-corrected chi connectivity index (χ0v) is 19.5. The van der Waals surface area contributed by atoms with Gasteiger partial charge in [-0.2, -0.15) is 4.31 Å². The maximum atomic E-state index is 13.1. The van der Waals surface area contributed by atoms with Crippen LogP contribution < -0.4 is 4.74 Å². The smallest absolute Gasteiger partial charge is 0.255 e. The Kier molecular flexibility index (Phi) is 7.35. The Morgan fingerprint density at radius 1 is 0.938 bits per heavy atom. The number of carbonyl (C=O) groups excluding carboxylic acids is 1. The molecule has 2 heterocycles. The first-order valence-corrected chi connectivity index (χ1v) is 12.8. The molecule has 0 saturated carbocycles. The van der Waals surface area contributed by atoms with E-state index in [1.807, 2.05) is 30.3 Å². The number of ether oxygens (including phenoxy) is 1. The van der Waals surface area contributed by atoms with Crippen molar-refractivity contribution in [2.45, 2.75) is 17.7 Å². The van der Waals surface area contributed by atoms with E-state index in [9.17, 15) is 13.2 Å². The standard InChI is InChI=1S/C23H28ClN3O4S/c24-22-9-8-20(32(29,30)27-10-4-5-11-27)18-21(22)23(28)26-14-12-25(13-15-26)16-17-31-19-6-2-1-3-7-19/h1-3,6-9,18H,4-5,10-17H2. The molecule has 0 radical (unpaired) electrons. The summed E-state index contributed by atoms with van der Waals surface area (Å²) in [6, 6.07) is 14.1. The highest BCUT2D eigenvalue weighted by Crippen LogP contribution is 2.26. The average Bonchev–Trinajstić information content (AvgIpc) is 3.36. The number of piperazine rings is 1. The van der Waals surface area contributed by atoms with Crippen molar-refractivity contribution in [2.75, 3.05) is 52.4 Å². The molecule has 9 heteroatoms. The van der Waals surface area contributed by atoms with E-state index in [4.69, 9.17) is 16.3 Å². The third-order valence-electron chi connectivity index (χ3n) is 5.95. The van der Waals surface area contributed by atoms with Crippen LogP contribution in [-0.4, -0.2) is 80.9 Å². The normalized spacial score (nSPS) is 18.1. The lowest BCUT2D eigenvalue weighted by atomic mass is 10.1. The molecule has 0 spiro atoms. The minimum atomic E-state index is -3.60. The maximum Gasteiger partial charge on any atom is 0.255 e. The summed E-state index contributed by atoms with van der Waals surface area (Å²) in [5.74, 6) is 0.619. The van der Waals surface area contributed by atoms with Crippen LogP contribution in [0.4, 0.5) is 0 Å². The van der Waals surface area contributed by atoms with Gasteiger partial charge in [-0.15, -0.1) is 0 Å². The number of amides is 1. The van der Waals surface area contributed by atoms with Gasteiger partial charge in [0.1, 0.15) is 12.4 Å². The second-order valence-corrected chi connectivity index (χ2v) is 10.4. The number of hydrogen-bond donors (Lipinski definition) is 0. The van der Waals surface area contributed by atoms with Crippen LogP contribution in [0.15, 0.2) is 53.4 Å². The van der Waals surface area contributed by atoms with Crippen LogP contribution in [-0.2, 0) is 10.0 Å². The predicted molar refractivity (Wildman–Crippen MR) is 124 cm³/mol. The first-order valence-electron chi connectivity index (χ1n) is 10.9. The number of carbonyl (C=O) groups is 1. The highest BCUT2D eigenvalue weighted by molar-refractivity contribution is 7.89. The number of sulfonamides is 1. The SMILES string of the molecule is O=C(c1cc(S(=O)(=O)N2CCCC2)ccc1Cl)N1CCN(CCOc2ccccc2)CC1. The van der Waals surface area contributed by atoms with Crippen LogP contribution in [0.2, 0.25) is 5.02 Å². The molecule has 2 aliphatic heterocycles. The predicted octanol–water partition coefficient (Wildman–Crippen LogP) is 2.96. The van der Waals surface area contributed by atoms with E-state index in [-0.39, 0.29) is 21.4 Å². The molecule has 0 aromatic heterocycles. The second kappa shape index (κ2) is 10.2. The van der Waals surface area contributed by atoms with E-state index < -0.39 is 10.0 Å². The van der Waals surface area contributed by atoms with Gasteiger partial charge in [0.15, 0.2) is 0 Å². The van der Waals surface area contributed by atoms with Gasteiger partial charge in [-0.3, -0.25) is 9.69 Å². The lowest BCUT2D eigenvalue weighted by Crippen LogP contribution is -2.49. The molecule has 2 aliphatic rings. The zero-order chi connectivity index (χ0) is 22.6. The maximum absolute atomic E-state index is 13.1. The molecule has 2 aromatic carbocycles. The summed E-state index contributed by atoms with van der Waals surface area (Å²) in [6.45, 7) is 4.98. The van der Waals surface area contributed by atoms with Crippen molar-refractivity contribution in [3.63, 3.8) is 0 Å². The van der Waals surface area contributed by atoms with Gasteiger partial charge in [0.05, 0.1) is 15.5 Å². The Morgan fingerprint density at radius 2 is 1.62 bits per heavy atom. The lowest BCUT2D eigenvalue weighted by Gasteiger charge is -2.34. The molecule has 0 atom stereocenters. The molecule has 1 amide bonds. The monoisotopic (exact) mass is 477 g/mol. The van der Waals surface area contributed by atoms with Crippen molar-refractivity contribution >= 4 is 27.5 Å². The molecule has 0 bridgehead atoms. The van der Waals surface area contributed by atoms with E-state index in [0.717, 1.165) is 38.2 Å². The second-order valence-electron chi connectivity index (χ2n) is 8.05. The average molecular weight is 478 g/mol. The number of hydrogen-bond acceptors (Lipinski definition) is 5. The number of benzene rings is 2. The van der Waals surface area contributed by atoms with Crippen LogP contribution in [0.1, 0.15) is 23.2 Å². The van der Waals surface area contributed by atoms with Gasteiger partial charge >= 0.3 is 0 Å². The number of rotatable bonds is 7. The van der Waals surface area contributed by atoms with E-state index in [2.05, 4.69) is 4.90 Å². The fourth-order valence-electron chi connectivity index (χ4n) is 4.06. The molecular weight excluding hydrogens is 450 g/mol. The number of halogens is 1. The van der Waals surface area contributed by atoms with Crippen LogP contribution in [0.25, 0.3) is 0 Å². The van der Waals surface area contributed by atoms with Gasteiger partial charge in [-0.05, 0) is 43.2 Å². The first-order chi connectivity index (χ1) is 15.4. The Morgan fingerprint density at radius 3 is 2.31 bits per heavy atom. The van der Waals surface area contributed by atoms with E-state index in [1.165, 1.54) is 22.5 Å². The van der Waals surface area contributed by atoms with Crippen molar-refractivity contribution in [1.82, 2.24) is 14.1 Å². The largest absolute Gasteiger partial charge is 0.492 e. The fourth-order valence-corrected chi connectivity index (χ4v) is 5.80. The zero-order valence-electron chi connectivity index (χ0n) is 18.0. The summed E-state index contributed by atoms with van der Waals surface area (Å²) in [5.41, 5.74) is 0.243. The third kappa shape index (κ3) is 5.26. The Balaban J connectivity index is 1.34. The lowest BCUT2D eigenvalue weighted by molar-refractivity contribution is 0.0620. The van der Waals surface area contributed by atoms with Crippen LogP contribution in [0.3, 0.4) is 0 Å². The Hall–Kier alpha value is -2.13. The van der Waals surface area contributed by atoms with Gasteiger partial charge in [0, 0.05) is 45.8 Å². The molecule has 0 N–H and O–H groups in total. The van der Waals surface area contributed by atoms with Crippen LogP contribution in [0.5, 0.6) is 5.75 Å². The highest BCUT2D eigenvalue weighted by Gasteiger charge is 2.30. The summed E-state index contributed by atoms with van der Waals surface area (Å²) < 4.78 is 33.0. The van der Waals surface area contributed by atoms with Crippen molar-refractivity contribution in [3.05, 3.63) is 59.1 Å². The topological polar surface area (TPSA) is 70.2 Å². The van der Waals surface area contributed by atoms with E-state index >= 15 is 0 Å². The molecule has 2 saturated heterocycles. The Bertz CT molecular complexity index is 1030. The number of nitrogens with zero attached hydrogens (tertiary/aromatic N) is 3. The molecule has 7 nitrogen and oxygen atoms in total. The van der Waals surface area contributed by atoms with Crippen LogP contribution in [0, 0.1) is 0 Å². The van der Waals surface area contributed by atoms with Crippen molar-refractivity contribution in [3.8, 4) is 5.75 Å². The minimum absolute atomic E-state index is 0.129. The summed E-state index contributed by atoms with van der Waals surface area (Å²) in [6.07, 6.45) is 1.72. The van der Waals surface area contributed by atoms with Gasteiger partial charge in [0.2, 0.25) is 10.0 Å². The Labute approximate surface area is 194 Å². The van der Waals surface area contributed by atoms with E-state index in [1.54, 1.807) is 4.90 Å². The first kappa shape index (κ1) is 23.0. The molecule has 172 valence electrons. The molecule has 0 aliphatic carbocycles. The fraction of sp³-hybridized carbons (Fsp3) is 0.435. The molecule has 0 unspecified atom stereocenters. The molecule has 4 rings (SSSR count). The summed E-state index contributed by atoms with van der Waals surface area (Å²) in [4.78, 5) is 17.2. The molecule has 2 fully saturated rings. The van der Waals surface area contributed by atoms with Crippen molar-refractivity contribution in [2.24, 2.45) is 0 Å². The van der Waals surface area contributed by atoms with Gasteiger partial charge in [-0.25, -0.2) is 8.42 Å². The third-order valence-corrected chi connectivity index (χ3v) is 8.17. The minimum Gasteiger partial charge on any atom is -0.492 e. The summed E-state index contributed by atoms with van der Waals surface area (Å²) >= 11 is 6.29. The van der Waals surface area contributed by atoms with Crippen LogP contribution >= 0.6 is 11.6 Å². The quantitative estimate of drug-likeness (QED) is 0.613. The summed E-state index contributed by atoms with van der Waals surface area (Å²) in [7, 11) is -3.60.